The molecule has 0 bridgehead atoms. The maximum atomic E-state index is 12.6. The smallest absolute Gasteiger partial charge is 0.246 e. The molecule has 1 aliphatic heterocycles. The molecule has 1 fully saturated rings. The minimum Gasteiger partial charge on any atom is -0.354 e. The number of piperidine rings is 1. The van der Waals surface area contributed by atoms with Gasteiger partial charge in [0, 0.05) is 19.6 Å². The summed E-state index contributed by atoms with van der Waals surface area (Å²) in [7, 11) is -3.48. The summed E-state index contributed by atoms with van der Waals surface area (Å²) in [6.45, 7) is 8.23. The molecule has 0 amide bonds. The van der Waals surface area contributed by atoms with Crippen molar-refractivity contribution in [3.05, 3.63) is 12.4 Å². The number of rotatable bonds is 5. The highest BCUT2D eigenvalue weighted by Crippen LogP contribution is 2.26. The second kappa shape index (κ2) is 6.70. The van der Waals surface area contributed by atoms with Gasteiger partial charge in [0.2, 0.25) is 16.0 Å². The van der Waals surface area contributed by atoms with E-state index in [4.69, 9.17) is 0 Å². The van der Waals surface area contributed by atoms with Crippen molar-refractivity contribution in [1.82, 2.24) is 14.3 Å². The summed E-state index contributed by atoms with van der Waals surface area (Å²) in [5.74, 6) is 1.41. The zero-order valence-corrected chi connectivity index (χ0v) is 13.7. The lowest BCUT2D eigenvalue weighted by atomic mass is 9.90. The van der Waals surface area contributed by atoms with Gasteiger partial charge in [-0.15, -0.1) is 0 Å². The van der Waals surface area contributed by atoms with Gasteiger partial charge in [0.1, 0.15) is 4.90 Å². The third-order valence-electron chi connectivity index (χ3n) is 4.10. The van der Waals surface area contributed by atoms with Crippen LogP contribution in [0.1, 0.15) is 33.6 Å². The predicted molar refractivity (Wildman–Crippen MR) is 82.5 cm³/mol. The predicted octanol–water partition coefficient (Wildman–Crippen LogP) is 1.97. The molecule has 2 rings (SSSR count). The van der Waals surface area contributed by atoms with E-state index in [1.165, 1.54) is 12.4 Å². The highest BCUT2D eigenvalue weighted by atomic mass is 32.2. The Labute approximate surface area is 127 Å². The standard InChI is InChI=1S/C14H24N4O2S/c1-4-6-15-14-16-8-13(9-17-14)21(19,20)18-7-5-11(2)12(3)10-18/h8-9,11-12H,4-7,10H2,1-3H3,(H,15,16,17). The van der Waals surface area contributed by atoms with Crippen LogP contribution in [0.25, 0.3) is 0 Å². The molecule has 6 nitrogen and oxygen atoms in total. The van der Waals surface area contributed by atoms with E-state index >= 15 is 0 Å². The van der Waals surface area contributed by atoms with Crippen molar-refractivity contribution < 1.29 is 8.42 Å². The zero-order valence-electron chi connectivity index (χ0n) is 12.9. The molecule has 0 saturated carbocycles. The van der Waals surface area contributed by atoms with E-state index in [-0.39, 0.29) is 4.90 Å². The number of aromatic nitrogens is 2. The van der Waals surface area contributed by atoms with Gasteiger partial charge in [0.05, 0.1) is 12.4 Å². The van der Waals surface area contributed by atoms with Gasteiger partial charge in [0.25, 0.3) is 0 Å². The van der Waals surface area contributed by atoms with Gasteiger partial charge >= 0.3 is 0 Å². The fourth-order valence-electron chi connectivity index (χ4n) is 2.37. The Bertz CT molecular complexity index is 559. The lowest BCUT2D eigenvalue weighted by Gasteiger charge is -2.34. The molecule has 118 valence electrons. The molecule has 1 saturated heterocycles. The number of hydrogen-bond acceptors (Lipinski definition) is 5. The quantitative estimate of drug-likeness (QED) is 0.899. The minimum absolute atomic E-state index is 0.173. The number of nitrogens with zero attached hydrogens (tertiary/aromatic N) is 3. The molecule has 0 aromatic carbocycles. The Balaban J connectivity index is 2.12. The van der Waals surface area contributed by atoms with Crippen molar-refractivity contribution in [2.75, 3.05) is 25.0 Å². The van der Waals surface area contributed by atoms with Crippen molar-refractivity contribution >= 4 is 16.0 Å². The van der Waals surface area contributed by atoms with Crippen LogP contribution >= 0.6 is 0 Å². The zero-order chi connectivity index (χ0) is 15.5. The topological polar surface area (TPSA) is 75.2 Å². The van der Waals surface area contributed by atoms with Gasteiger partial charge in [0.15, 0.2) is 0 Å². The fourth-order valence-corrected chi connectivity index (χ4v) is 3.82. The second-order valence-electron chi connectivity index (χ2n) is 5.78. The van der Waals surface area contributed by atoms with Crippen molar-refractivity contribution in [3.8, 4) is 0 Å². The highest BCUT2D eigenvalue weighted by Gasteiger charge is 2.32. The Morgan fingerprint density at radius 3 is 2.52 bits per heavy atom. The van der Waals surface area contributed by atoms with E-state index in [9.17, 15) is 8.42 Å². The van der Waals surface area contributed by atoms with Crippen LogP contribution < -0.4 is 5.32 Å². The molecule has 2 heterocycles. The summed E-state index contributed by atoms with van der Waals surface area (Å²) >= 11 is 0. The molecule has 1 aromatic heterocycles. The number of anilines is 1. The van der Waals surface area contributed by atoms with E-state index < -0.39 is 10.0 Å². The van der Waals surface area contributed by atoms with Crippen LogP contribution in [0.2, 0.25) is 0 Å². The van der Waals surface area contributed by atoms with Gasteiger partial charge in [-0.25, -0.2) is 18.4 Å². The Kier molecular flexibility index (Phi) is 5.16. The van der Waals surface area contributed by atoms with Gasteiger partial charge < -0.3 is 5.32 Å². The lowest BCUT2D eigenvalue weighted by Crippen LogP contribution is -2.42. The molecule has 2 unspecified atom stereocenters. The summed E-state index contributed by atoms with van der Waals surface area (Å²) in [6.07, 6.45) is 4.65. The number of hydrogen-bond donors (Lipinski definition) is 1. The number of nitrogens with one attached hydrogen (secondary N) is 1. The minimum atomic E-state index is -3.48. The van der Waals surface area contributed by atoms with Gasteiger partial charge in [-0.3, -0.25) is 0 Å². The van der Waals surface area contributed by atoms with Gasteiger partial charge in [-0.2, -0.15) is 4.31 Å². The molecule has 7 heteroatoms. The summed E-state index contributed by atoms with van der Waals surface area (Å²) in [4.78, 5) is 8.34. The lowest BCUT2D eigenvalue weighted by molar-refractivity contribution is 0.212. The van der Waals surface area contributed by atoms with Crippen LogP contribution in [0, 0.1) is 11.8 Å². The van der Waals surface area contributed by atoms with Crippen LogP contribution in [0.15, 0.2) is 17.3 Å². The molecule has 0 spiro atoms. The first-order valence-corrected chi connectivity index (χ1v) is 8.95. The van der Waals surface area contributed by atoms with Crippen LogP contribution in [0.3, 0.4) is 0 Å². The maximum Gasteiger partial charge on any atom is 0.246 e. The average molecular weight is 312 g/mol. The molecule has 1 aliphatic rings. The van der Waals surface area contributed by atoms with Crippen molar-refractivity contribution in [2.45, 2.75) is 38.5 Å². The van der Waals surface area contributed by atoms with Crippen LogP contribution in [-0.4, -0.2) is 42.3 Å². The Hall–Kier alpha value is -1.21. The third-order valence-corrected chi connectivity index (χ3v) is 5.91. The second-order valence-corrected chi connectivity index (χ2v) is 7.71. The van der Waals surface area contributed by atoms with Gasteiger partial charge in [-0.1, -0.05) is 20.8 Å². The molecular formula is C14H24N4O2S. The Morgan fingerprint density at radius 2 is 1.95 bits per heavy atom. The summed E-state index contributed by atoms with van der Waals surface area (Å²) in [5.41, 5.74) is 0. The SMILES string of the molecule is CCCNc1ncc(S(=O)(=O)N2CCC(C)C(C)C2)cn1. The Morgan fingerprint density at radius 1 is 1.29 bits per heavy atom. The van der Waals surface area contributed by atoms with E-state index in [1.807, 2.05) is 6.92 Å². The van der Waals surface area contributed by atoms with Crippen molar-refractivity contribution in [3.63, 3.8) is 0 Å². The molecule has 1 N–H and O–H groups in total. The number of sulfonamides is 1. The molecular weight excluding hydrogens is 288 g/mol. The molecule has 2 atom stereocenters. The first-order valence-electron chi connectivity index (χ1n) is 7.51. The van der Waals surface area contributed by atoms with E-state index in [0.717, 1.165) is 19.4 Å². The highest BCUT2D eigenvalue weighted by molar-refractivity contribution is 7.89. The third kappa shape index (κ3) is 3.71. The van der Waals surface area contributed by atoms with Gasteiger partial charge in [-0.05, 0) is 24.7 Å². The summed E-state index contributed by atoms with van der Waals surface area (Å²) in [5, 5.41) is 3.03. The van der Waals surface area contributed by atoms with E-state index in [2.05, 4.69) is 29.1 Å². The molecule has 1 aromatic rings. The molecule has 0 aliphatic carbocycles. The molecule has 21 heavy (non-hydrogen) atoms. The van der Waals surface area contributed by atoms with Crippen molar-refractivity contribution in [1.29, 1.82) is 0 Å². The van der Waals surface area contributed by atoms with E-state index in [1.54, 1.807) is 4.31 Å². The monoisotopic (exact) mass is 312 g/mol. The van der Waals surface area contributed by atoms with Crippen LogP contribution in [0.5, 0.6) is 0 Å². The van der Waals surface area contributed by atoms with Crippen LogP contribution in [0.4, 0.5) is 5.95 Å². The summed E-state index contributed by atoms with van der Waals surface area (Å²) < 4.78 is 26.7. The van der Waals surface area contributed by atoms with Crippen molar-refractivity contribution in [2.24, 2.45) is 11.8 Å². The first kappa shape index (κ1) is 16.2. The first-order chi connectivity index (χ1) is 9.95. The van der Waals surface area contributed by atoms with Crippen LogP contribution in [-0.2, 0) is 10.0 Å². The molecule has 0 radical (unpaired) electrons. The fraction of sp³-hybridized carbons (Fsp3) is 0.714. The average Bonchev–Trinajstić information content (AvgIpc) is 2.48. The maximum absolute atomic E-state index is 12.6. The van der Waals surface area contributed by atoms with E-state index in [0.29, 0.717) is 30.9 Å². The largest absolute Gasteiger partial charge is 0.354 e. The summed E-state index contributed by atoms with van der Waals surface area (Å²) in [6, 6.07) is 0. The normalized spacial score (nSPS) is 24.0.